The molecule has 0 bridgehead atoms. The molecular weight excluding hydrogens is 263 g/mol. The Hall–Kier alpha value is -2.34. The highest BCUT2D eigenvalue weighted by molar-refractivity contribution is 7.13. The van der Waals surface area contributed by atoms with E-state index in [2.05, 4.69) is 20.3 Å². The van der Waals surface area contributed by atoms with E-state index >= 15 is 0 Å². The van der Waals surface area contributed by atoms with Crippen LogP contribution < -0.4 is 5.32 Å². The lowest BCUT2D eigenvalue weighted by Gasteiger charge is -2.05. The van der Waals surface area contributed by atoms with E-state index in [1.165, 1.54) is 18.5 Å². The molecule has 0 spiro atoms. The summed E-state index contributed by atoms with van der Waals surface area (Å²) in [6.45, 7) is 0. The van der Waals surface area contributed by atoms with Crippen molar-refractivity contribution < 1.29 is 4.39 Å². The highest BCUT2D eigenvalue weighted by Crippen LogP contribution is 2.21. The molecule has 0 saturated carbocycles. The van der Waals surface area contributed by atoms with Crippen LogP contribution in [0.5, 0.6) is 0 Å². The Morgan fingerprint density at radius 1 is 1.11 bits per heavy atom. The number of hydrogen-bond acceptors (Lipinski definition) is 5. The number of rotatable bonds is 3. The lowest BCUT2D eigenvalue weighted by atomic mass is 10.3. The quantitative estimate of drug-likeness (QED) is 0.793. The second kappa shape index (κ2) is 5.11. The number of halogens is 1. The van der Waals surface area contributed by atoms with E-state index in [-0.39, 0.29) is 5.82 Å². The van der Waals surface area contributed by atoms with Crippen LogP contribution in [-0.2, 0) is 0 Å². The maximum atomic E-state index is 13.1. The summed E-state index contributed by atoms with van der Waals surface area (Å²) in [7, 11) is 0. The van der Waals surface area contributed by atoms with E-state index < -0.39 is 0 Å². The zero-order valence-corrected chi connectivity index (χ0v) is 10.6. The average Bonchev–Trinajstić information content (AvgIpc) is 2.93. The van der Waals surface area contributed by atoms with Gasteiger partial charge in [-0.1, -0.05) is 12.1 Å². The van der Waals surface area contributed by atoms with E-state index in [1.54, 1.807) is 23.5 Å². The molecule has 6 heteroatoms. The van der Waals surface area contributed by atoms with Crippen molar-refractivity contribution in [2.45, 2.75) is 0 Å². The second-order valence-corrected chi connectivity index (χ2v) is 4.69. The van der Waals surface area contributed by atoms with Gasteiger partial charge in [-0.2, -0.15) is 4.98 Å². The molecule has 3 rings (SSSR count). The molecule has 0 radical (unpaired) electrons. The van der Waals surface area contributed by atoms with Crippen molar-refractivity contribution in [3.63, 3.8) is 0 Å². The highest BCUT2D eigenvalue weighted by Gasteiger charge is 2.05. The third-order valence-electron chi connectivity index (χ3n) is 2.39. The summed E-state index contributed by atoms with van der Waals surface area (Å²) in [4.78, 5) is 13.4. The van der Waals surface area contributed by atoms with Gasteiger partial charge in [-0.05, 0) is 29.6 Å². The topological polar surface area (TPSA) is 50.7 Å². The van der Waals surface area contributed by atoms with Crippen LogP contribution in [-0.4, -0.2) is 15.0 Å². The van der Waals surface area contributed by atoms with Gasteiger partial charge >= 0.3 is 0 Å². The molecule has 0 saturated heterocycles. The van der Waals surface area contributed by atoms with E-state index in [1.807, 2.05) is 17.5 Å². The first-order valence-electron chi connectivity index (χ1n) is 5.57. The van der Waals surface area contributed by atoms with Crippen LogP contribution in [0, 0.1) is 5.82 Å². The van der Waals surface area contributed by atoms with Crippen molar-refractivity contribution in [2.24, 2.45) is 0 Å². The Kier molecular flexibility index (Phi) is 3.16. The van der Waals surface area contributed by atoms with Crippen LogP contribution in [0.2, 0.25) is 0 Å². The van der Waals surface area contributed by atoms with Crippen LogP contribution in [0.25, 0.3) is 10.7 Å². The number of benzene rings is 1. The molecule has 2 heterocycles. The van der Waals surface area contributed by atoms with Crippen molar-refractivity contribution in [3.8, 4) is 10.7 Å². The second-order valence-electron chi connectivity index (χ2n) is 3.75. The summed E-state index contributed by atoms with van der Waals surface area (Å²) in [5, 5.41) is 4.91. The lowest BCUT2D eigenvalue weighted by Crippen LogP contribution is -1.99. The molecule has 3 aromatic rings. The minimum absolute atomic E-state index is 0.308. The van der Waals surface area contributed by atoms with Gasteiger partial charge in [0.1, 0.15) is 12.1 Å². The van der Waals surface area contributed by atoms with Crippen LogP contribution in [0.3, 0.4) is 0 Å². The molecular formula is C13H9FN4S. The summed E-state index contributed by atoms with van der Waals surface area (Å²) in [6.07, 6.45) is 1.43. The molecule has 0 unspecified atom stereocenters. The molecule has 0 amide bonds. The average molecular weight is 272 g/mol. The number of hydrogen-bond donors (Lipinski definition) is 1. The summed E-state index contributed by atoms with van der Waals surface area (Å²) in [6, 6.07) is 10.0. The summed E-state index contributed by atoms with van der Waals surface area (Å²) >= 11 is 1.55. The Bertz CT molecular complexity index is 685. The predicted molar refractivity (Wildman–Crippen MR) is 72.8 cm³/mol. The molecule has 0 aliphatic heterocycles. The van der Waals surface area contributed by atoms with Gasteiger partial charge in [0, 0.05) is 5.69 Å². The van der Waals surface area contributed by atoms with Gasteiger partial charge in [-0.15, -0.1) is 11.3 Å². The lowest BCUT2D eigenvalue weighted by molar-refractivity contribution is 0.628. The van der Waals surface area contributed by atoms with E-state index in [0.717, 1.165) is 4.88 Å². The molecule has 1 N–H and O–H groups in total. The number of aromatic nitrogens is 3. The van der Waals surface area contributed by atoms with Crippen molar-refractivity contribution in [1.29, 1.82) is 0 Å². The maximum absolute atomic E-state index is 13.1. The Balaban J connectivity index is 1.88. The normalized spacial score (nSPS) is 10.4. The third kappa shape index (κ3) is 2.74. The monoisotopic (exact) mass is 272 g/mol. The molecule has 4 nitrogen and oxygen atoms in total. The van der Waals surface area contributed by atoms with Crippen LogP contribution in [0.1, 0.15) is 0 Å². The smallest absolute Gasteiger partial charge is 0.230 e. The van der Waals surface area contributed by atoms with Crippen LogP contribution >= 0.6 is 11.3 Å². The Morgan fingerprint density at radius 3 is 2.84 bits per heavy atom. The molecule has 1 aromatic carbocycles. The summed E-state index contributed by atoms with van der Waals surface area (Å²) < 4.78 is 13.1. The molecule has 2 aromatic heterocycles. The standard InChI is InChI=1S/C13H9FN4S/c14-9-3-1-4-10(7-9)17-13-16-8-15-12(18-13)11-5-2-6-19-11/h1-8H,(H,15,16,17,18). The van der Waals surface area contributed by atoms with Crippen LogP contribution in [0.15, 0.2) is 48.1 Å². The van der Waals surface area contributed by atoms with Gasteiger partial charge in [0.2, 0.25) is 5.95 Å². The van der Waals surface area contributed by atoms with Crippen molar-refractivity contribution in [1.82, 2.24) is 15.0 Å². The first-order chi connectivity index (χ1) is 9.31. The molecule has 0 aliphatic carbocycles. The molecule has 0 atom stereocenters. The first-order valence-corrected chi connectivity index (χ1v) is 6.45. The van der Waals surface area contributed by atoms with E-state index in [4.69, 9.17) is 0 Å². The fourth-order valence-corrected chi connectivity index (χ4v) is 2.24. The third-order valence-corrected chi connectivity index (χ3v) is 3.26. The molecule has 19 heavy (non-hydrogen) atoms. The number of thiophene rings is 1. The number of nitrogens with one attached hydrogen (secondary N) is 1. The van der Waals surface area contributed by atoms with Crippen molar-refractivity contribution >= 4 is 23.0 Å². The fourth-order valence-electron chi connectivity index (χ4n) is 1.58. The Morgan fingerprint density at radius 2 is 2.05 bits per heavy atom. The maximum Gasteiger partial charge on any atom is 0.230 e. The van der Waals surface area contributed by atoms with Crippen molar-refractivity contribution in [2.75, 3.05) is 5.32 Å². The van der Waals surface area contributed by atoms with Crippen LogP contribution in [0.4, 0.5) is 16.0 Å². The number of nitrogens with zero attached hydrogens (tertiary/aromatic N) is 3. The summed E-state index contributed by atoms with van der Waals surface area (Å²) in [5.74, 6) is 0.686. The highest BCUT2D eigenvalue weighted by atomic mass is 32.1. The zero-order chi connectivity index (χ0) is 13.1. The van der Waals surface area contributed by atoms with Gasteiger partial charge in [0.15, 0.2) is 5.82 Å². The van der Waals surface area contributed by atoms with Gasteiger partial charge in [0.25, 0.3) is 0 Å². The number of anilines is 2. The zero-order valence-electron chi connectivity index (χ0n) is 9.75. The summed E-state index contributed by atoms with van der Waals surface area (Å²) in [5.41, 5.74) is 0.600. The van der Waals surface area contributed by atoms with Crippen molar-refractivity contribution in [3.05, 3.63) is 53.9 Å². The first kappa shape index (κ1) is 11.7. The Labute approximate surface area is 113 Å². The molecule has 0 fully saturated rings. The SMILES string of the molecule is Fc1cccc(Nc2ncnc(-c3cccs3)n2)c1. The molecule has 94 valence electrons. The van der Waals surface area contributed by atoms with Gasteiger partial charge < -0.3 is 5.32 Å². The van der Waals surface area contributed by atoms with Gasteiger partial charge in [0.05, 0.1) is 4.88 Å². The minimum Gasteiger partial charge on any atom is -0.324 e. The van der Waals surface area contributed by atoms with Gasteiger partial charge in [-0.3, -0.25) is 0 Å². The largest absolute Gasteiger partial charge is 0.324 e. The van der Waals surface area contributed by atoms with E-state index in [9.17, 15) is 4.39 Å². The molecule has 0 aliphatic rings. The van der Waals surface area contributed by atoms with Gasteiger partial charge in [-0.25, -0.2) is 14.4 Å². The fraction of sp³-hybridized carbons (Fsp3) is 0. The predicted octanol–water partition coefficient (Wildman–Crippen LogP) is 3.48. The van der Waals surface area contributed by atoms with E-state index in [0.29, 0.717) is 17.5 Å². The minimum atomic E-state index is -0.308.